The Labute approximate surface area is 224 Å². The third-order valence-corrected chi connectivity index (χ3v) is 8.72. The number of piperidine rings is 1. The van der Waals surface area contributed by atoms with Crippen molar-refractivity contribution in [1.29, 1.82) is 0 Å². The Morgan fingerprint density at radius 1 is 0.974 bits per heavy atom. The highest BCUT2D eigenvalue weighted by Gasteiger charge is 2.32. The molecule has 1 amide bonds. The van der Waals surface area contributed by atoms with Crippen LogP contribution in [0.3, 0.4) is 0 Å². The molecule has 1 fully saturated rings. The molecule has 1 atom stereocenters. The Morgan fingerprint density at radius 2 is 1.58 bits per heavy atom. The summed E-state index contributed by atoms with van der Waals surface area (Å²) in [7, 11) is -2.09. The van der Waals surface area contributed by atoms with Crippen LogP contribution in [0.5, 0.6) is 5.75 Å². The van der Waals surface area contributed by atoms with Crippen molar-refractivity contribution in [3.8, 4) is 16.9 Å². The first-order chi connectivity index (χ1) is 18.4. The van der Waals surface area contributed by atoms with Gasteiger partial charge in [0.15, 0.2) is 9.84 Å². The molecule has 0 spiro atoms. The predicted octanol–water partition coefficient (Wildman–Crippen LogP) is 3.51. The standard InChI is InChI=1S/C29H35N3O5S/c1-37-26-11-7-23(8-12-26)24-9-13-27(14-10-24)38(35,36)21-30-28(29(33)31-34)25-16-19-32(20-17-25)18-15-22-5-3-2-4-6-22/h2-14,25,28,30,34H,15-21H2,1H3,(H,31,33). The van der Waals surface area contributed by atoms with Crippen molar-refractivity contribution in [3.05, 3.63) is 84.4 Å². The number of hydrogen-bond donors (Lipinski definition) is 3. The van der Waals surface area contributed by atoms with Crippen LogP contribution in [-0.4, -0.2) is 63.1 Å². The molecule has 1 aliphatic heterocycles. The molecule has 8 nitrogen and oxygen atoms in total. The monoisotopic (exact) mass is 537 g/mol. The summed E-state index contributed by atoms with van der Waals surface area (Å²) >= 11 is 0. The van der Waals surface area contributed by atoms with Gasteiger partial charge in [0.25, 0.3) is 5.91 Å². The lowest BCUT2D eigenvalue weighted by atomic mass is 9.89. The fourth-order valence-electron chi connectivity index (χ4n) is 4.91. The molecule has 202 valence electrons. The highest BCUT2D eigenvalue weighted by molar-refractivity contribution is 7.91. The second-order valence-corrected chi connectivity index (χ2v) is 11.6. The molecule has 0 saturated carbocycles. The number of hydrogen-bond acceptors (Lipinski definition) is 7. The highest BCUT2D eigenvalue weighted by Crippen LogP contribution is 2.25. The van der Waals surface area contributed by atoms with Crippen LogP contribution in [0.25, 0.3) is 11.1 Å². The lowest BCUT2D eigenvalue weighted by molar-refractivity contribution is -0.133. The van der Waals surface area contributed by atoms with Gasteiger partial charge in [-0.3, -0.25) is 15.3 Å². The van der Waals surface area contributed by atoms with Gasteiger partial charge in [-0.15, -0.1) is 0 Å². The van der Waals surface area contributed by atoms with E-state index in [1.807, 2.05) is 42.5 Å². The van der Waals surface area contributed by atoms with E-state index in [9.17, 15) is 18.4 Å². The van der Waals surface area contributed by atoms with Crippen molar-refractivity contribution < 1.29 is 23.2 Å². The number of likely N-dealkylation sites (tertiary alicyclic amines) is 1. The Kier molecular flexibility index (Phi) is 9.52. The van der Waals surface area contributed by atoms with Gasteiger partial charge in [-0.05, 0) is 79.2 Å². The molecule has 3 aromatic carbocycles. The van der Waals surface area contributed by atoms with Gasteiger partial charge in [-0.1, -0.05) is 54.6 Å². The van der Waals surface area contributed by atoms with E-state index in [0.717, 1.165) is 55.8 Å². The molecular weight excluding hydrogens is 502 g/mol. The van der Waals surface area contributed by atoms with Crippen LogP contribution in [0.1, 0.15) is 18.4 Å². The first kappa shape index (κ1) is 27.8. The van der Waals surface area contributed by atoms with E-state index in [4.69, 9.17) is 4.74 Å². The molecule has 38 heavy (non-hydrogen) atoms. The summed E-state index contributed by atoms with van der Waals surface area (Å²) in [4.78, 5) is 15.0. The minimum atomic E-state index is -3.70. The van der Waals surface area contributed by atoms with Gasteiger partial charge in [-0.2, -0.15) is 0 Å². The van der Waals surface area contributed by atoms with Crippen LogP contribution in [0.2, 0.25) is 0 Å². The fraction of sp³-hybridized carbons (Fsp3) is 0.345. The van der Waals surface area contributed by atoms with Crippen LogP contribution >= 0.6 is 0 Å². The fourth-order valence-corrected chi connectivity index (χ4v) is 6.02. The smallest absolute Gasteiger partial charge is 0.260 e. The summed E-state index contributed by atoms with van der Waals surface area (Å²) in [5.41, 5.74) is 4.83. The molecule has 1 heterocycles. The summed E-state index contributed by atoms with van der Waals surface area (Å²) in [5.74, 6) is -0.347. The Bertz CT molecular complexity index is 1270. The van der Waals surface area contributed by atoms with Gasteiger partial charge in [0.05, 0.1) is 18.0 Å². The zero-order chi connectivity index (χ0) is 27.0. The van der Waals surface area contributed by atoms with Crippen molar-refractivity contribution in [3.63, 3.8) is 0 Å². The molecule has 0 bridgehead atoms. The second-order valence-electron chi connectivity index (χ2n) is 9.58. The molecule has 9 heteroatoms. The van der Waals surface area contributed by atoms with E-state index in [-0.39, 0.29) is 10.8 Å². The molecule has 1 unspecified atom stereocenters. The molecule has 0 radical (unpaired) electrons. The Morgan fingerprint density at radius 3 is 2.16 bits per heavy atom. The van der Waals surface area contributed by atoms with E-state index in [1.54, 1.807) is 36.9 Å². The first-order valence-corrected chi connectivity index (χ1v) is 14.5. The number of amides is 1. The number of carbonyl (C=O) groups excluding carboxylic acids is 1. The number of nitrogens with one attached hydrogen (secondary N) is 2. The summed E-state index contributed by atoms with van der Waals surface area (Å²) in [6.45, 7) is 2.56. The maximum Gasteiger partial charge on any atom is 0.260 e. The van der Waals surface area contributed by atoms with E-state index >= 15 is 0 Å². The normalized spacial score (nSPS) is 15.6. The first-order valence-electron chi connectivity index (χ1n) is 12.8. The number of carbonyl (C=O) groups is 1. The lowest BCUT2D eigenvalue weighted by Gasteiger charge is -2.35. The van der Waals surface area contributed by atoms with Crippen molar-refractivity contribution in [2.45, 2.75) is 30.2 Å². The van der Waals surface area contributed by atoms with E-state index in [2.05, 4.69) is 22.3 Å². The van der Waals surface area contributed by atoms with Gasteiger partial charge in [-0.25, -0.2) is 13.9 Å². The third-order valence-electron chi connectivity index (χ3n) is 7.19. The predicted molar refractivity (Wildman–Crippen MR) is 147 cm³/mol. The van der Waals surface area contributed by atoms with Crippen molar-refractivity contribution >= 4 is 15.7 Å². The topological polar surface area (TPSA) is 108 Å². The summed E-state index contributed by atoms with van der Waals surface area (Å²) < 4.78 is 31.3. The molecule has 3 aromatic rings. The second kappa shape index (κ2) is 13.0. The molecule has 1 saturated heterocycles. The number of nitrogens with zero attached hydrogens (tertiary/aromatic N) is 1. The number of sulfone groups is 1. The lowest BCUT2D eigenvalue weighted by Crippen LogP contribution is -2.52. The molecule has 4 rings (SSSR count). The number of methoxy groups -OCH3 is 1. The summed E-state index contributed by atoms with van der Waals surface area (Å²) in [5, 5.41) is 12.2. The average Bonchev–Trinajstić information content (AvgIpc) is 2.97. The SMILES string of the molecule is COc1ccc(-c2ccc(S(=O)(=O)CNC(C(=O)NO)C3CCN(CCc4ccccc4)CC3)cc2)cc1. The molecule has 0 aliphatic carbocycles. The Hall–Kier alpha value is -3.24. The van der Waals surface area contributed by atoms with Gasteiger partial charge in [0, 0.05) is 6.54 Å². The number of ether oxygens (including phenoxy) is 1. The minimum Gasteiger partial charge on any atom is -0.497 e. The van der Waals surface area contributed by atoms with Crippen LogP contribution in [0, 0.1) is 5.92 Å². The largest absolute Gasteiger partial charge is 0.497 e. The van der Waals surface area contributed by atoms with Crippen LogP contribution in [-0.2, 0) is 21.1 Å². The molecule has 1 aliphatic rings. The van der Waals surface area contributed by atoms with Crippen molar-refractivity contribution in [2.24, 2.45) is 5.92 Å². The number of rotatable bonds is 11. The van der Waals surface area contributed by atoms with Crippen LogP contribution < -0.4 is 15.5 Å². The van der Waals surface area contributed by atoms with Gasteiger partial charge in [0.1, 0.15) is 11.6 Å². The number of benzene rings is 3. The molecule has 3 N–H and O–H groups in total. The maximum absolute atomic E-state index is 13.1. The van der Waals surface area contributed by atoms with E-state index in [1.165, 1.54) is 5.56 Å². The highest BCUT2D eigenvalue weighted by atomic mass is 32.2. The quantitative estimate of drug-likeness (QED) is 0.254. The minimum absolute atomic E-state index is 0.0808. The molecule has 0 aromatic heterocycles. The van der Waals surface area contributed by atoms with Gasteiger partial charge in [0.2, 0.25) is 0 Å². The summed E-state index contributed by atoms with van der Waals surface area (Å²) in [6.07, 6.45) is 2.42. The van der Waals surface area contributed by atoms with Gasteiger partial charge >= 0.3 is 0 Å². The third kappa shape index (κ3) is 7.20. The molecular formula is C29H35N3O5S. The van der Waals surface area contributed by atoms with Crippen LogP contribution in [0.4, 0.5) is 0 Å². The number of hydroxylamine groups is 1. The van der Waals surface area contributed by atoms with E-state index in [0.29, 0.717) is 0 Å². The van der Waals surface area contributed by atoms with E-state index < -0.39 is 27.7 Å². The summed E-state index contributed by atoms with van der Waals surface area (Å²) in [6, 6.07) is 23.7. The van der Waals surface area contributed by atoms with Crippen LogP contribution in [0.15, 0.2) is 83.8 Å². The average molecular weight is 538 g/mol. The van der Waals surface area contributed by atoms with Crippen molar-refractivity contribution in [2.75, 3.05) is 32.6 Å². The van der Waals surface area contributed by atoms with Gasteiger partial charge < -0.3 is 9.64 Å². The van der Waals surface area contributed by atoms with Crippen molar-refractivity contribution in [1.82, 2.24) is 15.7 Å². The Balaban J connectivity index is 1.33. The zero-order valence-corrected chi connectivity index (χ0v) is 22.4. The zero-order valence-electron chi connectivity index (χ0n) is 21.5. The maximum atomic E-state index is 13.1.